The van der Waals surface area contributed by atoms with Crippen molar-refractivity contribution in [1.82, 2.24) is 0 Å². The van der Waals surface area contributed by atoms with Crippen LogP contribution in [0.4, 0.5) is 0 Å². The van der Waals surface area contributed by atoms with E-state index in [1.807, 2.05) is 13.8 Å². The normalized spacial score (nSPS) is 38.8. The van der Waals surface area contributed by atoms with Crippen molar-refractivity contribution in [2.75, 3.05) is 0 Å². The SMILES string of the molecule is C=C1/C(=C\C=C2/CCC[C@]3(C)C([C@H](C)CCCC(C)(C)O)CC[C@@H]23)CC(O)CC1O. The summed E-state index contributed by atoms with van der Waals surface area (Å²) in [7, 11) is 0. The van der Waals surface area contributed by atoms with Gasteiger partial charge in [0.2, 0.25) is 0 Å². The molecule has 0 aromatic rings. The molecule has 0 aliphatic heterocycles. The number of aliphatic hydroxyl groups is 3. The predicted molar refractivity (Wildman–Crippen MR) is 124 cm³/mol. The van der Waals surface area contributed by atoms with Crippen LogP contribution in [0.3, 0.4) is 0 Å². The van der Waals surface area contributed by atoms with E-state index in [1.165, 1.54) is 38.5 Å². The molecule has 0 spiro atoms. The molecule has 3 unspecified atom stereocenters. The van der Waals surface area contributed by atoms with E-state index in [4.69, 9.17) is 0 Å². The van der Waals surface area contributed by atoms with Crippen LogP contribution in [-0.4, -0.2) is 33.1 Å². The first-order chi connectivity index (χ1) is 14.0. The van der Waals surface area contributed by atoms with Gasteiger partial charge in [-0.25, -0.2) is 0 Å². The van der Waals surface area contributed by atoms with Crippen molar-refractivity contribution < 1.29 is 15.3 Å². The van der Waals surface area contributed by atoms with Crippen LogP contribution in [0.15, 0.2) is 35.5 Å². The highest BCUT2D eigenvalue weighted by molar-refractivity contribution is 5.38. The molecular weight excluding hydrogens is 372 g/mol. The Morgan fingerprint density at radius 3 is 2.67 bits per heavy atom. The van der Waals surface area contributed by atoms with E-state index in [-0.39, 0.29) is 0 Å². The molecule has 0 aromatic carbocycles. The lowest BCUT2D eigenvalue weighted by molar-refractivity contribution is 0.0596. The van der Waals surface area contributed by atoms with Crippen molar-refractivity contribution in [2.45, 2.75) is 110 Å². The standard InChI is InChI=1S/C27H44O3/c1-18(8-6-14-26(3,4)30)23-12-13-24-20(9-7-15-27(23,24)5)10-11-21-16-22(28)17-25(29)19(21)2/h10-11,18,22-25,28-30H,2,6-9,12-17H2,1,3-5H3/b20-10+,21-11-/t18-,22?,23?,24+,25?,27-/m1/s1. The molecule has 0 radical (unpaired) electrons. The molecule has 3 saturated carbocycles. The van der Waals surface area contributed by atoms with Gasteiger partial charge in [-0.15, -0.1) is 0 Å². The maximum atomic E-state index is 10.1. The summed E-state index contributed by atoms with van der Waals surface area (Å²) < 4.78 is 0. The van der Waals surface area contributed by atoms with Gasteiger partial charge < -0.3 is 15.3 Å². The van der Waals surface area contributed by atoms with Crippen LogP contribution in [0.1, 0.15) is 91.9 Å². The molecule has 3 aliphatic rings. The fraction of sp³-hybridized carbons (Fsp3) is 0.778. The summed E-state index contributed by atoms with van der Waals surface area (Å²) in [6.45, 7) is 12.8. The Morgan fingerprint density at radius 2 is 1.97 bits per heavy atom. The van der Waals surface area contributed by atoms with E-state index in [9.17, 15) is 15.3 Å². The Bertz CT molecular complexity index is 683. The van der Waals surface area contributed by atoms with Gasteiger partial charge in [0.25, 0.3) is 0 Å². The van der Waals surface area contributed by atoms with Gasteiger partial charge in [-0.1, -0.05) is 51.0 Å². The zero-order valence-corrected chi connectivity index (χ0v) is 19.7. The second-order valence-electron chi connectivity index (χ2n) is 11.3. The fourth-order valence-corrected chi connectivity index (χ4v) is 6.74. The molecule has 3 fully saturated rings. The van der Waals surface area contributed by atoms with Crippen molar-refractivity contribution in [1.29, 1.82) is 0 Å². The van der Waals surface area contributed by atoms with Crippen molar-refractivity contribution in [2.24, 2.45) is 23.2 Å². The van der Waals surface area contributed by atoms with Gasteiger partial charge in [0.15, 0.2) is 0 Å². The van der Waals surface area contributed by atoms with Gasteiger partial charge in [-0.2, -0.15) is 0 Å². The molecule has 0 heterocycles. The monoisotopic (exact) mass is 416 g/mol. The van der Waals surface area contributed by atoms with E-state index < -0.39 is 17.8 Å². The second kappa shape index (κ2) is 9.30. The van der Waals surface area contributed by atoms with Crippen molar-refractivity contribution in [3.8, 4) is 0 Å². The summed E-state index contributed by atoms with van der Waals surface area (Å²) in [5.41, 5.74) is 3.17. The Hall–Kier alpha value is -0.900. The minimum atomic E-state index is -0.615. The molecule has 0 saturated heterocycles. The average molecular weight is 417 g/mol. The molecule has 170 valence electrons. The van der Waals surface area contributed by atoms with E-state index in [0.717, 1.165) is 29.9 Å². The number of fused-ring (bicyclic) bond motifs is 1. The maximum absolute atomic E-state index is 10.1. The lowest BCUT2D eigenvalue weighted by atomic mass is 9.60. The van der Waals surface area contributed by atoms with Crippen LogP contribution >= 0.6 is 0 Å². The van der Waals surface area contributed by atoms with Gasteiger partial charge in [0, 0.05) is 6.42 Å². The Kier molecular flexibility index (Phi) is 7.37. The number of hydrogen-bond acceptors (Lipinski definition) is 3. The highest BCUT2D eigenvalue weighted by Crippen LogP contribution is 2.60. The zero-order chi connectivity index (χ0) is 22.1. The number of aliphatic hydroxyl groups excluding tert-OH is 2. The van der Waals surface area contributed by atoms with Gasteiger partial charge in [0.1, 0.15) is 0 Å². The van der Waals surface area contributed by atoms with Crippen molar-refractivity contribution in [3.05, 3.63) is 35.5 Å². The second-order valence-corrected chi connectivity index (χ2v) is 11.3. The van der Waals surface area contributed by atoms with Gasteiger partial charge in [-0.3, -0.25) is 0 Å². The minimum Gasteiger partial charge on any atom is -0.393 e. The first-order valence-corrected chi connectivity index (χ1v) is 12.2. The largest absolute Gasteiger partial charge is 0.393 e. The van der Waals surface area contributed by atoms with Gasteiger partial charge in [-0.05, 0) is 93.1 Å². The number of rotatable bonds is 6. The number of allylic oxidation sites excluding steroid dienone is 3. The first-order valence-electron chi connectivity index (χ1n) is 12.2. The van der Waals surface area contributed by atoms with Crippen molar-refractivity contribution in [3.63, 3.8) is 0 Å². The van der Waals surface area contributed by atoms with E-state index in [0.29, 0.717) is 30.1 Å². The molecule has 3 heteroatoms. The molecular formula is C27H44O3. The summed E-state index contributed by atoms with van der Waals surface area (Å²) in [6.07, 6.45) is 13.9. The molecule has 6 atom stereocenters. The van der Waals surface area contributed by atoms with Gasteiger partial charge >= 0.3 is 0 Å². The number of hydrogen-bond donors (Lipinski definition) is 3. The van der Waals surface area contributed by atoms with Crippen LogP contribution in [-0.2, 0) is 0 Å². The maximum Gasteiger partial charge on any atom is 0.0811 e. The third-order valence-electron chi connectivity index (χ3n) is 8.44. The van der Waals surface area contributed by atoms with Crippen molar-refractivity contribution >= 4 is 0 Å². The van der Waals surface area contributed by atoms with Crippen LogP contribution in [0.5, 0.6) is 0 Å². The summed E-state index contributed by atoms with van der Waals surface area (Å²) in [4.78, 5) is 0. The lowest BCUT2D eigenvalue weighted by Gasteiger charge is -2.44. The predicted octanol–water partition coefficient (Wildman–Crippen LogP) is 5.70. The third kappa shape index (κ3) is 5.29. The summed E-state index contributed by atoms with van der Waals surface area (Å²) in [5, 5.41) is 30.2. The zero-order valence-electron chi connectivity index (χ0n) is 19.7. The van der Waals surface area contributed by atoms with Crippen LogP contribution in [0.2, 0.25) is 0 Å². The summed E-state index contributed by atoms with van der Waals surface area (Å²) in [6, 6.07) is 0. The molecule has 3 rings (SSSR count). The Morgan fingerprint density at radius 1 is 1.23 bits per heavy atom. The molecule has 3 nitrogen and oxygen atoms in total. The topological polar surface area (TPSA) is 60.7 Å². The quantitative estimate of drug-likeness (QED) is 0.520. The third-order valence-corrected chi connectivity index (χ3v) is 8.44. The van der Waals surface area contributed by atoms with Crippen LogP contribution in [0, 0.1) is 23.2 Å². The first kappa shape index (κ1) is 23.8. The molecule has 0 aromatic heterocycles. The van der Waals surface area contributed by atoms with Crippen LogP contribution in [0.25, 0.3) is 0 Å². The Balaban J connectivity index is 1.70. The van der Waals surface area contributed by atoms with E-state index >= 15 is 0 Å². The molecule has 0 amide bonds. The summed E-state index contributed by atoms with van der Waals surface area (Å²) in [5.74, 6) is 2.11. The highest BCUT2D eigenvalue weighted by Gasteiger charge is 2.50. The fourth-order valence-electron chi connectivity index (χ4n) is 6.74. The Labute approximate surface area is 184 Å². The lowest BCUT2D eigenvalue weighted by Crippen LogP contribution is -2.36. The molecule has 0 bridgehead atoms. The van der Waals surface area contributed by atoms with E-state index in [1.54, 1.807) is 5.57 Å². The van der Waals surface area contributed by atoms with Gasteiger partial charge in [0.05, 0.1) is 17.8 Å². The smallest absolute Gasteiger partial charge is 0.0811 e. The summed E-state index contributed by atoms with van der Waals surface area (Å²) >= 11 is 0. The highest BCUT2D eigenvalue weighted by atomic mass is 16.3. The average Bonchev–Trinajstić information content (AvgIpc) is 3.00. The van der Waals surface area contributed by atoms with E-state index in [2.05, 4.69) is 32.6 Å². The molecule has 3 N–H and O–H groups in total. The molecule has 30 heavy (non-hydrogen) atoms. The minimum absolute atomic E-state index is 0.374. The van der Waals surface area contributed by atoms with Crippen LogP contribution < -0.4 is 0 Å². The molecule has 3 aliphatic carbocycles.